The number of fused-ring (bicyclic) bond motifs is 1. The zero-order valence-electron chi connectivity index (χ0n) is 9.99. The lowest BCUT2D eigenvalue weighted by atomic mass is 10.1. The Bertz CT molecular complexity index is 525. The van der Waals surface area contributed by atoms with Crippen molar-refractivity contribution in [2.45, 2.75) is 26.0 Å². The van der Waals surface area contributed by atoms with Gasteiger partial charge in [-0.05, 0) is 13.0 Å². The Labute approximate surface area is 103 Å². The smallest absolute Gasteiger partial charge is 0.265 e. The predicted octanol–water partition coefficient (Wildman–Crippen LogP) is 2.46. The van der Waals surface area contributed by atoms with Crippen LogP contribution in [0.1, 0.15) is 11.3 Å². The van der Waals surface area contributed by atoms with E-state index >= 15 is 0 Å². The van der Waals surface area contributed by atoms with Crippen LogP contribution in [0.15, 0.2) is 28.7 Å². The van der Waals surface area contributed by atoms with E-state index in [-0.39, 0.29) is 6.54 Å². The molecule has 0 aliphatic carbocycles. The van der Waals surface area contributed by atoms with Crippen molar-refractivity contribution in [3.63, 3.8) is 0 Å². The van der Waals surface area contributed by atoms with Gasteiger partial charge in [0.05, 0.1) is 0 Å². The van der Waals surface area contributed by atoms with Gasteiger partial charge in [-0.3, -0.25) is 0 Å². The van der Waals surface area contributed by atoms with Gasteiger partial charge < -0.3 is 14.8 Å². The molecule has 2 aromatic rings. The summed E-state index contributed by atoms with van der Waals surface area (Å²) in [6, 6.07) is 7.56. The fraction of sp³-hybridized carbons (Fsp3) is 0.385. The largest absolute Gasteiger partial charge is 0.461 e. The molecule has 0 saturated carbocycles. The number of aliphatic hydroxyl groups excluding tert-OH is 1. The highest BCUT2D eigenvalue weighted by molar-refractivity contribution is 5.82. The number of nitrogens with one attached hydrogen (secondary N) is 1. The molecule has 18 heavy (non-hydrogen) atoms. The fourth-order valence-electron chi connectivity index (χ4n) is 1.87. The molecule has 1 aromatic carbocycles. The maximum atomic E-state index is 12.1. The first-order chi connectivity index (χ1) is 8.59. The molecule has 0 saturated heterocycles. The summed E-state index contributed by atoms with van der Waals surface area (Å²) in [5.74, 6) is 0.759. The monoisotopic (exact) mass is 255 g/mol. The van der Waals surface area contributed by atoms with Crippen molar-refractivity contribution in [2.24, 2.45) is 0 Å². The first-order valence-corrected chi connectivity index (χ1v) is 5.73. The highest BCUT2D eigenvalue weighted by atomic mass is 19.3. The Kier molecular flexibility index (Phi) is 3.93. The lowest BCUT2D eigenvalue weighted by molar-refractivity contribution is -0.00340. The van der Waals surface area contributed by atoms with Crippen molar-refractivity contribution < 1.29 is 18.3 Å². The average Bonchev–Trinajstić information content (AvgIpc) is 2.65. The zero-order chi connectivity index (χ0) is 13.1. The number of halogens is 2. The highest BCUT2D eigenvalue weighted by Gasteiger charge is 2.16. The molecule has 1 unspecified atom stereocenters. The molecule has 2 N–H and O–H groups in total. The molecule has 1 atom stereocenters. The van der Waals surface area contributed by atoms with Crippen LogP contribution in [-0.4, -0.2) is 24.2 Å². The summed E-state index contributed by atoms with van der Waals surface area (Å²) in [6.45, 7) is 2.09. The Morgan fingerprint density at radius 2 is 2.06 bits per heavy atom. The van der Waals surface area contributed by atoms with Gasteiger partial charge in [0.2, 0.25) is 0 Å². The Balaban J connectivity index is 2.05. The van der Waals surface area contributed by atoms with Gasteiger partial charge in [-0.25, -0.2) is 8.78 Å². The summed E-state index contributed by atoms with van der Waals surface area (Å²) >= 11 is 0. The standard InChI is InChI=1S/C13H15F2NO2/c1-8-10(6-16-7-11(17)13(14)15)9-4-2-3-5-12(9)18-8/h2-5,11,13,16-17H,6-7H2,1H3. The van der Waals surface area contributed by atoms with Gasteiger partial charge in [-0.2, -0.15) is 0 Å². The Morgan fingerprint density at radius 3 is 2.78 bits per heavy atom. The average molecular weight is 255 g/mol. The predicted molar refractivity (Wildman–Crippen MR) is 64.7 cm³/mol. The minimum Gasteiger partial charge on any atom is -0.461 e. The first kappa shape index (κ1) is 13.0. The quantitative estimate of drug-likeness (QED) is 0.862. The van der Waals surface area contributed by atoms with Crippen molar-refractivity contribution >= 4 is 11.0 Å². The Morgan fingerprint density at radius 1 is 1.33 bits per heavy atom. The molecule has 1 heterocycles. The van der Waals surface area contributed by atoms with Crippen molar-refractivity contribution in [1.82, 2.24) is 5.32 Å². The first-order valence-electron chi connectivity index (χ1n) is 5.73. The SMILES string of the molecule is Cc1oc2ccccc2c1CNCC(O)C(F)F. The summed E-state index contributed by atoms with van der Waals surface area (Å²) in [4.78, 5) is 0. The Hall–Kier alpha value is -1.46. The third-order valence-electron chi connectivity index (χ3n) is 2.85. The maximum absolute atomic E-state index is 12.1. The molecule has 2 rings (SSSR count). The fourth-order valence-corrected chi connectivity index (χ4v) is 1.87. The van der Waals surface area contributed by atoms with Crippen molar-refractivity contribution in [3.8, 4) is 0 Å². The van der Waals surface area contributed by atoms with Crippen LogP contribution in [0.4, 0.5) is 8.78 Å². The minimum absolute atomic E-state index is 0.142. The molecule has 1 aromatic heterocycles. The second kappa shape index (κ2) is 5.46. The molecule has 3 nitrogen and oxygen atoms in total. The lowest BCUT2D eigenvalue weighted by Gasteiger charge is -2.10. The van der Waals surface area contributed by atoms with E-state index in [1.165, 1.54) is 0 Å². The van der Waals surface area contributed by atoms with E-state index in [0.717, 1.165) is 22.3 Å². The van der Waals surface area contributed by atoms with Gasteiger partial charge in [-0.15, -0.1) is 0 Å². The zero-order valence-corrected chi connectivity index (χ0v) is 9.99. The molecule has 0 spiro atoms. The van der Waals surface area contributed by atoms with Crippen LogP contribution < -0.4 is 5.32 Å². The number of rotatable bonds is 5. The molecule has 0 amide bonds. The molecular formula is C13H15F2NO2. The van der Waals surface area contributed by atoms with E-state index < -0.39 is 12.5 Å². The lowest BCUT2D eigenvalue weighted by Crippen LogP contribution is -2.31. The van der Waals surface area contributed by atoms with E-state index in [2.05, 4.69) is 5.32 Å². The van der Waals surface area contributed by atoms with Gasteiger partial charge in [0, 0.05) is 24.0 Å². The van der Waals surface area contributed by atoms with Crippen LogP contribution in [-0.2, 0) is 6.54 Å². The normalized spacial score (nSPS) is 13.4. The van der Waals surface area contributed by atoms with Gasteiger partial charge in [-0.1, -0.05) is 18.2 Å². The summed E-state index contributed by atoms with van der Waals surface area (Å²) < 4.78 is 29.8. The summed E-state index contributed by atoms with van der Waals surface area (Å²) in [7, 11) is 0. The van der Waals surface area contributed by atoms with E-state index in [1.54, 1.807) is 0 Å². The number of hydrogen-bond donors (Lipinski definition) is 2. The van der Waals surface area contributed by atoms with Crippen LogP contribution in [0.3, 0.4) is 0 Å². The van der Waals surface area contributed by atoms with E-state index in [4.69, 9.17) is 9.52 Å². The van der Waals surface area contributed by atoms with Gasteiger partial charge in [0.25, 0.3) is 6.43 Å². The van der Waals surface area contributed by atoms with Crippen molar-refractivity contribution in [1.29, 1.82) is 0 Å². The number of aryl methyl sites for hydroxylation is 1. The molecule has 0 aliphatic rings. The number of para-hydroxylation sites is 1. The number of alkyl halides is 2. The van der Waals surface area contributed by atoms with E-state index in [9.17, 15) is 8.78 Å². The number of hydrogen-bond acceptors (Lipinski definition) is 3. The molecule has 0 radical (unpaired) electrons. The number of aliphatic hydroxyl groups is 1. The highest BCUT2D eigenvalue weighted by Crippen LogP contribution is 2.24. The van der Waals surface area contributed by atoms with Crippen molar-refractivity contribution in [2.75, 3.05) is 6.54 Å². The van der Waals surface area contributed by atoms with Gasteiger partial charge >= 0.3 is 0 Å². The van der Waals surface area contributed by atoms with Gasteiger partial charge in [0.1, 0.15) is 17.4 Å². The molecule has 5 heteroatoms. The third kappa shape index (κ3) is 2.68. The van der Waals surface area contributed by atoms with Crippen LogP contribution in [0, 0.1) is 6.92 Å². The van der Waals surface area contributed by atoms with E-state index in [1.807, 2.05) is 31.2 Å². The minimum atomic E-state index is -2.72. The number of benzene rings is 1. The van der Waals surface area contributed by atoms with Crippen LogP contribution in [0.2, 0.25) is 0 Å². The molecule has 98 valence electrons. The second-order valence-corrected chi connectivity index (χ2v) is 4.17. The van der Waals surface area contributed by atoms with Gasteiger partial charge in [0.15, 0.2) is 0 Å². The van der Waals surface area contributed by atoms with Crippen LogP contribution in [0.5, 0.6) is 0 Å². The topological polar surface area (TPSA) is 45.4 Å². The summed E-state index contributed by atoms with van der Waals surface area (Å²) in [6.07, 6.45) is -4.36. The van der Waals surface area contributed by atoms with E-state index in [0.29, 0.717) is 6.54 Å². The van der Waals surface area contributed by atoms with Crippen LogP contribution in [0.25, 0.3) is 11.0 Å². The maximum Gasteiger partial charge on any atom is 0.265 e. The third-order valence-corrected chi connectivity index (χ3v) is 2.85. The van der Waals surface area contributed by atoms with Crippen molar-refractivity contribution in [3.05, 3.63) is 35.6 Å². The molecular weight excluding hydrogens is 240 g/mol. The molecule has 0 bridgehead atoms. The van der Waals surface area contributed by atoms with Crippen LogP contribution >= 0.6 is 0 Å². The molecule has 0 aliphatic heterocycles. The second-order valence-electron chi connectivity index (χ2n) is 4.17. The summed E-state index contributed by atoms with van der Waals surface area (Å²) in [5.41, 5.74) is 1.72. The summed E-state index contributed by atoms with van der Waals surface area (Å²) in [5, 5.41) is 12.8. The molecule has 0 fully saturated rings. The number of furan rings is 1.